The van der Waals surface area contributed by atoms with Gasteiger partial charge in [-0.2, -0.15) is 13.2 Å². The highest BCUT2D eigenvalue weighted by Gasteiger charge is 2.34. The van der Waals surface area contributed by atoms with Crippen molar-refractivity contribution in [3.05, 3.63) is 65.2 Å². The third kappa shape index (κ3) is 4.48. The van der Waals surface area contributed by atoms with Gasteiger partial charge in [0.15, 0.2) is 0 Å². The molecule has 5 nitrogen and oxygen atoms in total. The van der Waals surface area contributed by atoms with Gasteiger partial charge in [-0.3, -0.25) is 9.69 Å². The number of nitrogens with one attached hydrogen (secondary N) is 1. The number of piperidine rings is 1. The minimum atomic E-state index is -4.50. The number of nitrogens with zero attached hydrogens (tertiary/aromatic N) is 3. The van der Waals surface area contributed by atoms with Crippen LogP contribution in [0.3, 0.4) is 0 Å². The van der Waals surface area contributed by atoms with Crippen molar-refractivity contribution in [2.75, 3.05) is 27.2 Å². The Labute approximate surface area is 183 Å². The number of aromatic amines is 1. The van der Waals surface area contributed by atoms with Crippen LogP contribution in [0.4, 0.5) is 17.6 Å². The van der Waals surface area contributed by atoms with Crippen LogP contribution in [0.1, 0.15) is 41.8 Å². The molecule has 3 aromatic rings. The number of H-pyrrole nitrogens is 1. The van der Waals surface area contributed by atoms with Gasteiger partial charge in [0.2, 0.25) is 5.91 Å². The molecule has 9 heteroatoms. The molecule has 2 atom stereocenters. The van der Waals surface area contributed by atoms with E-state index in [1.807, 2.05) is 0 Å². The first-order valence-electron chi connectivity index (χ1n) is 10.4. The van der Waals surface area contributed by atoms with Crippen molar-refractivity contribution in [1.29, 1.82) is 0 Å². The lowest BCUT2D eigenvalue weighted by atomic mass is 9.93. The smallest absolute Gasteiger partial charge is 0.357 e. The third-order valence-electron chi connectivity index (χ3n) is 5.90. The Morgan fingerprint density at radius 1 is 1.19 bits per heavy atom. The van der Waals surface area contributed by atoms with Gasteiger partial charge < -0.3 is 9.88 Å². The van der Waals surface area contributed by atoms with Crippen molar-refractivity contribution in [3.8, 4) is 0 Å². The molecule has 1 fully saturated rings. The number of hydrogen-bond acceptors (Lipinski definition) is 3. The average molecular weight is 448 g/mol. The Bertz CT molecular complexity index is 1110. The summed E-state index contributed by atoms with van der Waals surface area (Å²) in [6.45, 7) is 1.04. The highest BCUT2D eigenvalue weighted by Crippen LogP contribution is 2.33. The summed E-state index contributed by atoms with van der Waals surface area (Å²) in [5.41, 5.74) is 1.35. The topological polar surface area (TPSA) is 52.2 Å². The number of aromatic nitrogens is 2. The second-order valence-electron chi connectivity index (χ2n) is 8.39. The number of amides is 1. The van der Waals surface area contributed by atoms with Crippen LogP contribution in [-0.4, -0.2) is 52.9 Å². The van der Waals surface area contributed by atoms with Crippen LogP contribution in [-0.2, 0) is 11.0 Å². The molecular weight excluding hydrogens is 424 g/mol. The standard InChI is InChI=1S/C23H24F4N4O/c1-30(2)21(14-5-7-16(24)8-6-14)22(32)31-11-3-4-15(13-31)18-12-19-17(28-18)9-10-20(29-19)23(25,26)27/h5-10,12,15,21,28H,3-4,11,13H2,1-2H3/t15-,21+/m1/s1. The summed E-state index contributed by atoms with van der Waals surface area (Å²) in [4.78, 5) is 23.9. The summed E-state index contributed by atoms with van der Waals surface area (Å²) >= 11 is 0. The van der Waals surface area contributed by atoms with E-state index >= 15 is 0 Å². The number of hydrogen-bond donors (Lipinski definition) is 1. The number of carbonyl (C=O) groups is 1. The molecule has 170 valence electrons. The zero-order valence-electron chi connectivity index (χ0n) is 17.8. The molecule has 32 heavy (non-hydrogen) atoms. The number of likely N-dealkylation sites (tertiary alicyclic amines) is 1. The van der Waals surface area contributed by atoms with Crippen LogP contribution in [0.25, 0.3) is 11.0 Å². The van der Waals surface area contributed by atoms with E-state index in [-0.39, 0.29) is 23.2 Å². The fourth-order valence-corrected chi connectivity index (χ4v) is 4.32. The molecule has 1 aliphatic heterocycles. The minimum Gasteiger partial charge on any atom is -0.357 e. The largest absolute Gasteiger partial charge is 0.433 e. The lowest BCUT2D eigenvalue weighted by molar-refractivity contribution is -0.141. The molecule has 1 amide bonds. The maximum absolute atomic E-state index is 13.4. The van der Waals surface area contributed by atoms with Crippen LogP contribution in [0, 0.1) is 5.82 Å². The van der Waals surface area contributed by atoms with Gasteiger partial charge in [0.25, 0.3) is 0 Å². The summed E-state index contributed by atoms with van der Waals surface area (Å²) in [6, 6.07) is 9.35. The van der Waals surface area contributed by atoms with Gasteiger partial charge in [-0.1, -0.05) is 12.1 Å². The highest BCUT2D eigenvalue weighted by molar-refractivity contribution is 5.83. The molecule has 0 spiro atoms. The Morgan fingerprint density at radius 3 is 2.56 bits per heavy atom. The first-order valence-corrected chi connectivity index (χ1v) is 10.4. The van der Waals surface area contributed by atoms with Crippen molar-refractivity contribution in [1.82, 2.24) is 19.8 Å². The van der Waals surface area contributed by atoms with Crippen LogP contribution in [0.2, 0.25) is 0 Å². The molecule has 4 rings (SSSR count). The zero-order valence-corrected chi connectivity index (χ0v) is 17.8. The van der Waals surface area contributed by atoms with Gasteiger partial charge >= 0.3 is 6.18 Å². The number of rotatable bonds is 4. The van der Waals surface area contributed by atoms with Crippen molar-refractivity contribution in [2.45, 2.75) is 31.0 Å². The number of fused-ring (bicyclic) bond motifs is 1. The number of pyridine rings is 1. The number of carbonyl (C=O) groups excluding carboxylic acids is 1. The van der Waals surface area contributed by atoms with Crippen LogP contribution in [0.5, 0.6) is 0 Å². The van der Waals surface area contributed by atoms with Crippen LogP contribution in [0.15, 0.2) is 42.5 Å². The van der Waals surface area contributed by atoms with Crippen molar-refractivity contribution in [3.63, 3.8) is 0 Å². The minimum absolute atomic E-state index is 0.0349. The van der Waals surface area contributed by atoms with Gasteiger partial charge in [0, 0.05) is 24.7 Å². The first kappa shape index (κ1) is 22.3. The number of likely N-dealkylation sites (N-methyl/N-ethyl adjacent to an activating group) is 1. The monoisotopic (exact) mass is 448 g/mol. The molecule has 0 aliphatic carbocycles. The molecule has 1 aliphatic rings. The van der Waals surface area contributed by atoms with E-state index in [2.05, 4.69) is 9.97 Å². The van der Waals surface area contributed by atoms with Crippen LogP contribution < -0.4 is 0 Å². The molecular formula is C23H24F4N4O. The van der Waals surface area contributed by atoms with Crippen molar-refractivity contribution < 1.29 is 22.4 Å². The van der Waals surface area contributed by atoms with E-state index in [0.717, 1.165) is 24.6 Å². The maximum Gasteiger partial charge on any atom is 0.433 e. The summed E-state index contributed by atoms with van der Waals surface area (Å²) in [7, 11) is 3.60. The highest BCUT2D eigenvalue weighted by atomic mass is 19.4. The molecule has 0 bridgehead atoms. The first-order chi connectivity index (χ1) is 15.1. The number of halogens is 4. The van der Waals surface area contributed by atoms with Gasteiger partial charge in [-0.05, 0) is 62.8 Å². The molecule has 1 N–H and O–H groups in total. The second kappa shape index (κ2) is 8.54. The van der Waals surface area contributed by atoms with Gasteiger partial charge in [-0.25, -0.2) is 9.37 Å². The van der Waals surface area contributed by atoms with Crippen molar-refractivity contribution >= 4 is 16.9 Å². The number of alkyl halides is 3. The average Bonchev–Trinajstić information content (AvgIpc) is 3.18. The summed E-state index contributed by atoms with van der Waals surface area (Å²) < 4.78 is 52.3. The van der Waals surface area contributed by atoms with E-state index in [4.69, 9.17) is 0 Å². The lowest BCUT2D eigenvalue weighted by Gasteiger charge is -2.36. The quantitative estimate of drug-likeness (QED) is 0.587. The molecule has 0 radical (unpaired) electrons. The predicted molar refractivity (Wildman–Crippen MR) is 112 cm³/mol. The van der Waals surface area contributed by atoms with E-state index in [1.54, 1.807) is 42.1 Å². The maximum atomic E-state index is 13.4. The second-order valence-corrected chi connectivity index (χ2v) is 8.39. The SMILES string of the molecule is CN(C)[C@H](C(=O)N1CCC[C@@H](c2cc3nc(C(F)(F)F)ccc3[nH]2)C1)c1ccc(F)cc1. The molecule has 3 heterocycles. The normalized spacial score (nSPS) is 18.3. The summed E-state index contributed by atoms with van der Waals surface area (Å²) in [5, 5.41) is 0. The fraction of sp³-hybridized carbons (Fsp3) is 0.391. The Kier molecular flexibility index (Phi) is 5.94. The molecule has 1 aromatic carbocycles. The van der Waals surface area contributed by atoms with Gasteiger partial charge in [0.05, 0.1) is 11.0 Å². The van der Waals surface area contributed by atoms with E-state index < -0.39 is 17.9 Å². The molecule has 1 saturated heterocycles. The zero-order chi connectivity index (χ0) is 23.0. The van der Waals surface area contributed by atoms with Crippen molar-refractivity contribution in [2.24, 2.45) is 0 Å². The lowest BCUT2D eigenvalue weighted by Crippen LogP contribution is -2.45. The fourth-order valence-electron chi connectivity index (χ4n) is 4.32. The molecule has 0 saturated carbocycles. The van der Waals surface area contributed by atoms with E-state index in [1.165, 1.54) is 18.2 Å². The van der Waals surface area contributed by atoms with E-state index in [0.29, 0.717) is 24.2 Å². The Morgan fingerprint density at radius 2 is 1.91 bits per heavy atom. The Balaban J connectivity index is 1.56. The van der Waals surface area contributed by atoms with E-state index in [9.17, 15) is 22.4 Å². The summed E-state index contributed by atoms with van der Waals surface area (Å²) in [5.74, 6) is -0.481. The van der Waals surface area contributed by atoms with Crippen LogP contribution >= 0.6 is 0 Å². The van der Waals surface area contributed by atoms with Gasteiger partial charge in [0.1, 0.15) is 17.6 Å². The molecule has 0 unspecified atom stereocenters. The summed E-state index contributed by atoms with van der Waals surface area (Å²) in [6.07, 6.45) is -2.91. The third-order valence-corrected chi connectivity index (χ3v) is 5.90. The van der Waals surface area contributed by atoms with Gasteiger partial charge in [-0.15, -0.1) is 0 Å². The number of benzene rings is 1. The molecule has 2 aromatic heterocycles. The Hall–Kier alpha value is -2.94. The predicted octanol–water partition coefficient (Wildman–Crippen LogP) is 4.73.